The van der Waals surface area contributed by atoms with Gasteiger partial charge < -0.3 is 4.90 Å². The Kier molecular flexibility index (Phi) is 6.65. The summed E-state index contributed by atoms with van der Waals surface area (Å²) in [7, 11) is 3.64. The third-order valence-electron chi connectivity index (χ3n) is 2.40. The predicted octanol–water partition coefficient (Wildman–Crippen LogP) is 2.68. The Morgan fingerprint density at radius 2 is 1.92 bits per heavy atom. The molecule has 1 amide bonds. The van der Waals surface area contributed by atoms with Crippen LogP contribution in [-0.2, 0) is 4.79 Å². The van der Waals surface area contributed by atoms with Crippen LogP contribution in [0.2, 0.25) is 0 Å². The lowest BCUT2D eigenvalue weighted by Gasteiger charge is -2.13. The van der Waals surface area contributed by atoms with Gasteiger partial charge in [-0.05, 0) is 12.3 Å². The first-order chi connectivity index (χ1) is 6.07. The molecule has 0 radical (unpaired) electrons. The van der Waals surface area contributed by atoms with Crippen LogP contribution in [-0.4, -0.2) is 24.9 Å². The third-order valence-corrected chi connectivity index (χ3v) is 2.40. The summed E-state index contributed by atoms with van der Waals surface area (Å²) < 4.78 is 0. The second-order valence-corrected chi connectivity index (χ2v) is 4.07. The van der Waals surface area contributed by atoms with E-state index in [4.69, 9.17) is 0 Å². The van der Waals surface area contributed by atoms with Gasteiger partial charge in [-0.2, -0.15) is 0 Å². The van der Waals surface area contributed by atoms with Crippen molar-refractivity contribution in [2.24, 2.45) is 5.92 Å². The number of rotatable bonds is 6. The quantitative estimate of drug-likeness (QED) is 0.623. The van der Waals surface area contributed by atoms with Crippen LogP contribution in [0.15, 0.2) is 0 Å². The highest BCUT2D eigenvalue weighted by Crippen LogP contribution is 2.14. The van der Waals surface area contributed by atoms with E-state index in [0.717, 1.165) is 6.42 Å². The highest BCUT2D eigenvalue weighted by atomic mass is 16.2. The van der Waals surface area contributed by atoms with Gasteiger partial charge in [0.05, 0.1) is 0 Å². The van der Waals surface area contributed by atoms with Crippen LogP contribution in [0.25, 0.3) is 0 Å². The van der Waals surface area contributed by atoms with Crippen LogP contribution >= 0.6 is 0 Å². The minimum absolute atomic E-state index is 0.253. The summed E-state index contributed by atoms with van der Waals surface area (Å²) in [6.07, 6.45) is 5.55. The van der Waals surface area contributed by atoms with E-state index in [9.17, 15) is 4.79 Å². The number of nitrogens with zero attached hydrogens (tertiary/aromatic N) is 1. The van der Waals surface area contributed by atoms with Crippen molar-refractivity contribution in [2.45, 2.75) is 46.0 Å². The fourth-order valence-corrected chi connectivity index (χ4v) is 1.29. The van der Waals surface area contributed by atoms with Crippen LogP contribution in [0.1, 0.15) is 46.0 Å². The number of carbonyl (C=O) groups is 1. The second kappa shape index (κ2) is 6.93. The zero-order valence-electron chi connectivity index (χ0n) is 9.47. The van der Waals surface area contributed by atoms with Crippen LogP contribution in [0.5, 0.6) is 0 Å². The number of hydrogen-bond acceptors (Lipinski definition) is 1. The van der Waals surface area contributed by atoms with E-state index in [1.54, 1.807) is 4.90 Å². The Labute approximate surface area is 82.3 Å². The standard InChI is InChI=1S/C11H23NO/c1-5-6-7-10(2)8-9-11(13)12(3)4/h10H,5-9H2,1-4H3/t10-/m0/s1. The molecular weight excluding hydrogens is 162 g/mol. The minimum atomic E-state index is 0.253. The fourth-order valence-electron chi connectivity index (χ4n) is 1.29. The maximum Gasteiger partial charge on any atom is 0.222 e. The van der Waals surface area contributed by atoms with E-state index in [0.29, 0.717) is 12.3 Å². The van der Waals surface area contributed by atoms with Crippen molar-refractivity contribution < 1.29 is 4.79 Å². The maximum absolute atomic E-state index is 11.2. The zero-order chi connectivity index (χ0) is 10.3. The molecule has 0 bridgehead atoms. The predicted molar refractivity (Wildman–Crippen MR) is 56.6 cm³/mol. The Bertz CT molecular complexity index is 143. The topological polar surface area (TPSA) is 20.3 Å². The molecule has 1 atom stereocenters. The SMILES string of the molecule is CCCC[C@H](C)CCC(=O)N(C)C. The molecule has 0 unspecified atom stereocenters. The van der Waals surface area contributed by atoms with Crippen LogP contribution < -0.4 is 0 Å². The first-order valence-corrected chi connectivity index (χ1v) is 5.28. The van der Waals surface area contributed by atoms with Crippen molar-refractivity contribution in [3.8, 4) is 0 Å². The summed E-state index contributed by atoms with van der Waals surface area (Å²) in [6.45, 7) is 4.44. The molecule has 0 rings (SSSR count). The summed E-state index contributed by atoms with van der Waals surface area (Å²) in [4.78, 5) is 12.9. The van der Waals surface area contributed by atoms with E-state index in [1.807, 2.05) is 14.1 Å². The molecule has 0 aliphatic carbocycles. The van der Waals surface area contributed by atoms with Gasteiger partial charge >= 0.3 is 0 Å². The van der Waals surface area contributed by atoms with Crippen molar-refractivity contribution >= 4 is 5.91 Å². The highest BCUT2D eigenvalue weighted by molar-refractivity contribution is 5.75. The smallest absolute Gasteiger partial charge is 0.222 e. The molecule has 0 aromatic heterocycles. The molecule has 78 valence electrons. The molecule has 0 aliphatic heterocycles. The van der Waals surface area contributed by atoms with Crippen molar-refractivity contribution in [3.05, 3.63) is 0 Å². The molecule has 2 nitrogen and oxygen atoms in total. The molecule has 0 spiro atoms. The Hall–Kier alpha value is -0.530. The van der Waals surface area contributed by atoms with Crippen molar-refractivity contribution in [2.75, 3.05) is 14.1 Å². The van der Waals surface area contributed by atoms with Crippen LogP contribution in [0.3, 0.4) is 0 Å². The number of carbonyl (C=O) groups excluding carboxylic acids is 1. The molecule has 0 fully saturated rings. The molecule has 0 saturated carbocycles. The van der Waals surface area contributed by atoms with Gasteiger partial charge in [0.2, 0.25) is 5.91 Å². The lowest BCUT2D eigenvalue weighted by atomic mass is 9.99. The number of hydrogen-bond donors (Lipinski definition) is 0. The van der Waals surface area contributed by atoms with Gasteiger partial charge in [-0.15, -0.1) is 0 Å². The normalized spacial score (nSPS) is 12.6. The Morgan fingerprint density at radius 1 is 1.31 bits per heavy atom. The lowest BCUT2D eigenvalue weighted by molar-refractivity contribution is -0.128. The molecule has 0 saturated heterocycles. The van der Waals surface area contributed by atoms with Gasteiger partial charge in [0.15, 0.2) is 0 Å². The molecule has 0 heterocycles. The largest absolute Gasteiger partial charge is 0.349 e. The molecular formula is C11H23NO. The first kappa shape index (κ1) is 12.5. The summed E-state index contributed by atoms with van der Waals surface area (Å²) >= 11 is 0. The van der Waals surface area contributed by atoms with Crippen LogP contribution in [0, 0.1) is 5.92 Å². The van der Waals surface area contributed by atoms with Gasteiger partial charge in [-0.1, -0.05) is 33.1 Å². The van der Waals surface area contributed by atoms with Gasteiger partial charge in [0.25, 0.3) is 0 Å². The fraction of sp³-hybridized carbons (Fsp3) is 0.909. The minimum Gasteiger partial charge on any atom is -0.349 e. The molecule has 2 heteroatoms. The van der Waals surface area contributed by atoms with Crippen molar-refractivity contribution in [3.63, 3.8) is 0 Å². The maximum atomic E-state index is 11.2. The summed E-state index contributed by atoms with van der Waals surface area (Å²) in [5.74, 6) is 0.951. The molecule has 0 aromatic carbocycles. The lowest BCUT2D eigenvalue weighted by Crippen LogP contribution is -2.21. The average molecular weight is 185 g/mol. The van der Waals surface area contributed by atoms with Gasteiger partial charge in [-0.25, -0.2) is 0 Å². The van der Waals surface area contributed by atoms with E-state index in [2.05, 4.69) is 13.8 Å². The van der Waals surface area contributed by atoms with Gasteiger partial charge in [0.1, 0.15) is 0 Å². The average Bonchev–Trinajstić information content (AvgIpc) is 2.10. The molecule has 0 aliphatic rings. The highest BCUT2D eigenvalue weighted by Gasteiger charge is 2.07. The van der Waals surface area contributed by atoms with E-state index >= 15 is 0 Å². The van der Waals surface area contributed by atoms with E-state index in [1.165, 1.54) is 19.3 Å². The summed E-state index contributed by atoms with van der Waals surface area (Å²) in [5.41, 5.74) is 0. The van der Waals surface area contributed by atoms with E-state index < -0.39 is 0 Å². The molecule has 0 aromatic rings. The summed E-state index contributed by atoms with van der Waals surface area (Å²) in [5, 5.41) is 0. The summed E-state index contributed by atoms with van der Waals surface area (Å²) in [6, 6.07) is 0. The Balaban J connectivity index is 3.46. The van der Waals surface area contributed by atoms with Gasteiger partial charge in [-0.3, -0.25) is 4.79 Å². The number of unbranched alkanes of at least 4 members (excludes halogenated alkanes) is 1. The van der Waals surface area contributed by atoms with Gasteiger partial charge in [0, 0.05) is 20.5 Å². The monoisotopic (exact) mass is 185 g/mol. The third kappa shape index (κ3) is 6.62. The van der Waals surface area contributed by atoms with Crippen molar-refractivity contribution in [1.82, 2.24) is 4.90 Å². The second-order valence-electron chi connectivity index (χ2n) is 4.07. The van der Waals surface area contributed by atoms with Crippen molar-refractivity contribution in [1.29, 1.82) is 0 Å². The molecule has 13 heavy (non-hydrogen) atoms. The number of amides is 1. The molecule has 0 N–H and O–H groups in total. The van der Waals surface area contributed by atoms with Crippen LogP contribution in [0.4, 0.5) is 0 Å². The van der Waals surface area contributed by atoms with E-state index in [-0.39, 0.29) is 5.91 Å². The zero-order valence-corrected chi connectivity index (χ0v) is 9.47. The first-order valence-electron chi connectivity index (χ1n) is 5.28. The Morgan fingerprint density at radius 3 is 2.38 bits per heavy atom.